The lowest BCUT2D eigenvalue weighted by molar-refractivity contribution is 0.0705. The van der Waals surface area contributed by atoms with Crippen molar-refractivity contribution in [3.8, 4) is 0 Å². The van der Waals surface area contributed by atoms with Crippen molar-refractivity contribution in [1.82, 2.24) is 13.8 Å². The maximum absolute atomic E-state index is 12.9. The van der Waals surface area contributed by atoms with E-state index >= 15 is 0 Å². The molecule has 2 aliphatic rings. The van der Waals surface area contributed by atoms with Crippen LogP contribution in [0.25, 0.3) is 0 Å². The molecular weight excluding hydrogens is 376 g/mol. The zero-order chi connectivity index (χ0) is 18.2. The van der Waals surface area contributed by atoms with E-state index in [1.54, 1.807) is 27.0 Å². The number of piperidine rings is 2. The number of likely N-dealkylation sites (tertiary alicyclic amines) is 1. The highest BCUT2D eigenvalue weighted by Gasteiger charge is 2.31. The Balaban J connectivity index is 0.00000243. The minimum atomic E-state index is -3.55. The summed E-state index contributed by atoms with van der Waals surface area (Å²) < 4.78 is 29.0. The molecule has 3 rings (SSSR count). The van der Waals surface area contributed by atoms with E-state index in [0.717, 1.165) is 25.7 Å². The highest BCUT2D eigenvalue weighted by atomic mass is 35.5. The summed E-state index contributed by atoms with van der Waals surface area (Å²) in [5, 5.41) is 0. The first-order chi connectivity index (χ1) is 11.8. The van der Waals surface area contributed by atoms with Crippen LogP contribution in [0.3, 0.4) is 0 Å². The van der Waals surface area contributed by atoms with E-state index < -0.39 is 10.0 Å². The second-order valence-electron chi connectivity index (χ2n) is 7.41. The standard InChI is InChI=1S/C17H28N4O3S.ClH/c1-13-4-3-7-21(11-13)25(23,24)15-10-16(19(2)12-15)17(22)20-8-5-14(18)6-9-20;/h10,12-14H,3-9,11,18H2,1-2H3;1H. The summed E-state index contributed by atoms with van der Waals surface area (Å²) in [6.07, 6.45) is 5.06. The SMILES string of the molecule is CC1CCCN(S(=O)(=O)c2cc(C(=O)N3CCC(N)CC3)n(C)c2)C1.Cl. The van der Waals surface area contributed by atoms with Crippen LogP contribution in [-0.4, -0.2) is 60.3 Å². The van der Waals surface area contributed by atoms with Crippen molar-refractivity contribution in [3.05, 3.63) is 18.0 Å². The lowest BCUT2D eigenvalue weighted by Gasteiger charge is -2.30. The van der Waals surface area contributed by atoms with Crippen molar-refractivity contribution in [1.29, 1.82) is 0 Å². The van der Waals surface area contributed by atoms with Crippen molar-refractivity contribution >= 4 is 28.3 Å². The second kappa shape index (κ2) is 8.29. The fourth-order valence-electron chi connectivity index (χ4n) is 3.67. The monoisotopic (exact) mass is 404 g/mol. The van der Waals surface area contributed by atoms with E-state index in [9.17, 15) is 13.2 Å². The van der Waals surface area contributed by atoms with Crippen LogP contribution in [0.2, 0.25) is 0 Å². The number of carbonyl (C=O) groups is 1. The summed E-state index contributed by atoms with van der Waals surface area (Å²) >= 11 is 0. The molecule has 0 saturated carbocycles. The van der Waals surface area contributed by atoms with Gasteiger partial charge in [-0.05, 0) is 37.7 Å². The van der Waals surface area contributed by atoms with Gasteiger partial charge in [0.25, 0.3) is 5.91 Å². The first-order valence-corrected chi connectivity index (χ1v) is 10.4. The van der Waals surface area contributed by atoms with Crippen molar-refractivity contribution in [3.63, 3.8) is 0 Å². The molecule has 0 bridgehead atoms. The van der Waals surface area contributed by atoms with E-state index in [2.05, 4.69) is 6.92 Å². The Labute approximate surface area is 162 Å². The Morgan fingerprint density at radius 2 is 1.85 bits per heavy atom. The van der Waals surface area contributed by atoms with Crippen molar-refractivity contribution in [2.24, 2.45) is 18.7 Å². The number of hydrogen-bond donors (Lipinski definition) is 1. The quantitative estimate of drug-likeness (QED) is 0.825. The highest BCUT2D eigenvalue weighted by Crippen LogP contribution is 2.25. The lowest BCUT2D eigenvalue weighted by Crippen LogP contribution is -2.43. The molecule has 3 heterocycles. The topological polar surface area (TPSA) is 88.6 Å². The van der Waals surface area contributed by atoms with E-state index in [4.69, 9.17) is 5.73 Å². The molecule has 2 saturated heterocycles. The van der Waals surface area contributed by atoms with Gasteiger partial charge < -0.3 is 15.2 Å². The number of halogens is 1. The van der Waals surface area contributed by atoms with Gasteiger partial charge in [-0.25, -0.2) is 8.42 Å². The minimum Gasteiger partial charge on any atom is -0.345 e. The molecule has 0 radical (unpaired) electrons. The molecule has 26 heavy (non-hydrogen) atoms. The normalized spacial score (nSPS) is 22.9. The fraction of sp³-hybridized carbons (Fsp3) is 0.706. The molecule has 1 aromatic rings. The number of carbonyl (C=O) groups excluding carboxylic acids is 1. The van der Waals surface area contributed by atoms with Crippen LogP contribution >= 0.6 is 12.4 Å². The molecule has 1 amide bonds. The molecule has 7 nitrogen and oxygen atoms in total. The number of nitrogens with two attached hydrogens (primary N) is 1. The lowest BCUT2D eigenvalue weighted by atomic mass is 10.0. The average molecular weight is 405 g/mol. The van der Waals surface area contributed by atoms with Crippen LogP contribution in [0.15, 0.2) is 17.2 Å². The van der Waals surface area contributed by atoms with Gasteiger partial charge in [0, 0.05) is 45.5 Å². The number of nitrogens with zero attached hydrogens (tertiary/aromatic N) is 3. The predicted molar refractivity (Wildman–Crippen MR) is 103 cm³/mol. The maximum Gasteiger partial charge on any atom is 0.270 e. The molecular formula is C17H29ClN4O3S. The van der Waals surface area contributed by atoms with Gasteiger partial charge in [0.2, 0.25) is 10.0 Å². The van der Waals surface area contributed by atoms with E-state index in [1.807, 2.05) is 0 Å². The van der Waals surface area contributed by atoms with Crippen molar-refractivity contribution in [2.45, 2.75) is 43.5 Å². The summed E-state index contributed by atoms with van der Waals surface area (Å²) in [6, 6.07) is 1.67. The van der Waals surface area contributed by atoms with Gasteiger partial charge in [0.05, 0.1) is 0 Å². The Morgan fingerprint density at radius 3 is 2.46 bits per heavy atom. The zero-order valence-corrected chi connectivity index (χ0v) is 17.1. The third kappa shape index (κ3) is 4.24. The summed E-state index contributed by atoms with van der Waals surface area (Å²) in [5.41, 5.74) is 6.31. The van der Waals surface area contributed by atoms with Gasteiger partial charge in [-0.2, -0.15) is 4.31 Å². The number of sulfonamides is 1. The molecule has 0 spiro atoms. The van der Waals surface area contributed by atoms with E-state index in [0.29, 0.717) is 37.8 Å². The summed E-state index contributed by atoms with van der Waals surface area (Å²) in [5.74, 6) is 0.244. The Morgan fingerprint density at radius 1 is 1.19 bits per heavy atom. The number of amides is 1. The van der Waals surface area contributed by atoms with Crippen LogP contribution in [-0.2, 0) is 17.1 Å². The maximum atomic E-state index is 12.9. The zero-order valence-electron chi connectivity index (χ0n) is 15.4. The first kappa shape index (κ1) is 21.2. The summed E-state index contributed by atoms with van der Waals surface area (Å²) in [6.45, 7) is 4.41. The Hall–Kier alpha value is -1.09. The van der Waals surface area contributed by atoms with E-state index in [-0.39, 0.29) is 29.3 Å². The predicted octanol–water partition coefficient (Wildman–Crippen LogP) is 1.43. The average Bonchev–Trinajstić information content (AvgIpc) is 2.97. The number of rotatable bonds is 3. The molecule has 1 unspecified atom stereocenters. The minimum absolute atomic E-state index is 0. The molecule has 1 atom stereocenters. The van der Waals surface area contributed by atoms with E-state index in [1.165, 1.54) is 6.07 Å². The van der Waals surface area contributed by atoms with Crippen molar-refractivity contribution < 1.29 is 13.2 Å². The first-order valence-electron chi connectivity index (χ1n) is 9.00. The molecule has 0 aromatic carbocycles. The Kier molecular flexibility index (Phi) is 6.76. The number of aromatic nitrogens is 1. The van der Waals surface area contributed by atoms with Gasteiger partial charge in [-0.1, -0.05) is 6.92 Å². The summed E-state index contributed by atoms with van der Waals surface area (Å²) in [4.78, 5) is 14.7. The molecule has 148 valence electrons. The van der Waals surface area contributed by atoms with Crippen molar-refractivity contribution in [2.75, 3.05) is 26.2 Å². The third-order valence-electron chi connectivity index (χ3n) is 5.28. The smallest absolute Gasteiger partial charge is 0.270 e. The van der Waals surface area contributed by atoms with Gasteiger partial charge in [-0.3, -0.25) is 4.79 Å². The fourth-order valence-corrected chi connectivity index (χ4v) is 5.34. The molecule has 1 aromatic heterocycles. The molecule has 2 N–H and O–H groups in total. The second-order valence-corrected chi connectivity index (χ2v) is 9.35. The Bertz CT molecular complexity index is 741. The van der Waals surface area contributed by atoms with Gasteiger partial charge in [0.15, 0.2) is 0 Å². The van der Waals surface area contributed by atoms with Crippen LogP contribution in [0.5, 0.6) is 0 Å². The van der Waals surface area contributed by atoms with Gasteiger partial charge in [0.1, 0.15) is 10.6 Å². The van der Waals surface area contributed by atoms with Crippen LogP contribution < -0.4 is 5.73 Å². The highest BCUT2D eigenvalue weighted by molar-refractivity contribution is 7.89. The molecule has 2 aliphatic heterocycles. The van der Waals surface area contributed by atoms with Gasteiger partial charge in [-0.15, -0.1) is 12.4 Å². The van der Waals surface area contributed by atoms with Gasteiger partial charge >= 0.3 is 0 Å². The summed E-state index contributed by atoms with van der Waals surface area (Å²) in [7, 11) is -1.82. The largest absolute Gasteiger partial charge is 0.345 e. The third-order valence-corrected chi connectivity index (χ3v) is 7.11. The van der Waals surface area contributed by atoms with Crippen LogP contribution in [0, 0.1) is 5.92 Å². The number of aryl methyl sites for hydroxylation is 1. The van der Waals surface area contributed by atoms with Crippen LogP contribution in [0.1, 0.15) is 43.1 Å². The molecule has 2 fully saturated rings. The number of hydrogen-bond acceptors (Lipinski definition) is 4. The molecule has 9 heteroatoms. The molecule has 0 aliphatic carbocycles. The van der Waals surface area contributed by atoms with Crippen LogP contribution in [0.4, 0.5) is 0 Å².